The zero-order chi connectivity index (χ0) is 16.2. The van der Waals surface area contributed by atoms with Crippen LogP contribution >= 0.6 is 0 Å². The maximum atomic E-state index is 12.5. The molecule has 0 spiro atoms. The quantitative estimate of drug-likeness (QED) is 0.754. The third kappa shape index (κ3) is 3.39. The lowest BCUT2D eigenvalue weighted by atomic mass is 10.1. The number of sulfonamides is 1. The van der Waals surface area contributed by atoms with E-state index in [9.17, 15) is 13.2 Å². The van der Waals surface area contributed by atoms with E-state index in [1.165, 1.54) is 4.31 Å². The van der Waals surface area contributed by atoms with Crippen LogP contribution in [-0.2, 0) is 10.0 Å². The van der Waals surface area contributed by atoms with Crippen molar-refractivity contribution < 1.29 is 13.2 Å². The summed E-state index contributed by atoms with van der Waals surface area (Å²) in [4.78, 5) is 14.1. The second-order valence-corrected chi connectivity index (χ2v) is 7.09. The molecule has 1 aliphatic rings. The maximum Gasteiger partial charge on any atom is 0.254 e. The molecule has 1 fully saturated rings. The van der Waals surface area contributed by atoms with Crippen molar-refractivity contribution in [1.29, 1.82) is 0 Å². The van der Waals surface area contributed by atoms with Crippen molar-refractivity contribution in [2.75, 3.05) is 29.7 Å². The number of benzene rings is 1. The van der Waals surface area contributed by atoms with Gasteiger partial charge in [-0.3, -0.25) is 9.10 Å². The first-order valence-electron chi connectivity index (χ1n) is 7.11. The van der Waals surface area contributed by atoms with Gasteiger partial charge < -0.3 is 4.90 Å². The molecule has 6 heteroatoms. The van der Waals surface area contributed by atoms with Crippen LogP contribution < -0.4 is 4.31 Å². The number of hydrogen-bond donors (Lipinski definition) is 0. The average molecular weight is 320 g/mol. The van der Waals surface area contributed by atoms with Gasteiger partial charge in [-0.15, -0.1) is 13.2 Å². The number of rotatable bonds is 6. The second-order valence-electron chi connectivity index (χ2n) is 5.08. The molecule has 0 unspecified atom stereocenters. The van der Waals surface area contributed by atoms with E-state index in [4.69, 9.17) is 0 Å². The maximum absolute atomic E-state index is 12.5. The van der Waals surface area contributed by atoms with Crippen molar-refractivity contribution in [2.45, 2.75) is 6.42 Å². The van der Waals surface area contributed by atoms with Crippen molar-refractivity contribution in [3.63, 3.8) is 0 Å². The fourth-order valence-electron chi connectivity index (χ4n) is 2.46. The Kier molecular flexibility index (Phi) is 5.03. The summed E-state index contributed by atoms with van der Waals surface area (Å²) >= 11 is 0. The molecule has 0 saturated carbocycles. The molecular weight excluding hydrogens is 300 g/mol. The molecule has 118 valence electrons. The van der Waals surface area contributed by atoms with Gasteiger partial charge >= 0.3 is 0 Å². The minimum Gasteiger partial charge on any atom is -0.331 e. The van der Waals surface area contributed by atoms with Crippen LogP contribution in [0.2, 0.25) is 0 Å². The van der Waals surface area contributed by atoms with Gasteiger partial charge in [0.05, 0.1) is 11.4 Å². The number of nitrogens with zero attached hydrogens (tertiary/aromatic N) is 2. The largest absolute Gasteiger partial charge is 0.331 e. The van der Waals surface area contributed by atoms with Crippen LogP contribution in [0.3, 0.4) is 0 Å². The minimum absolute atomic E-state index is 0.157. The Morgan fingerprint density at radius 1 is 1.27 bits per heavy atom. The Bertz CT molecular complexity index is 672. The minimum atomic E-state index is -3.25. The zero-order valence-electron chi connectivity index (χ0n) is 12.4. The van der Waals surface area contributed by atoms with E-state index in [0.29, 0.717) is 37.3 Å². The first-order valence-corrected chi connectivity index (χ1v) is 8.72. The lowest BCUT2D eigenvalue weighted by molar-refractivity contribution is 0.0791. The van der Waals surface area contributed by atoms with Gasteiger partial charge in [0.1, 0.15) is 0 Å². The standard InChI is InChI=1S/C16H20N2O3S/c1-3-9-17(10-4-2)16(19)14-7-5-8-15(13-14)18-11-6-12-22(18,20)21/h3-5,7-8,13H,1-2,6,9-12H2. The van der Waals surface area contributed by atoms with Gasteiger partial charge in [-0.2, -0.15) is 0 Å². The SMILES string of the molecule is C=CCN(CC=C)C(=O)c1cccc(N2CCCS2(=O)=O)c1. The highest BCUT2D eigenvalue weighted by Gasteiger charge is 2.28. The molecule has 1 saturated heterocycles. The Hall–Kier alpha value is -2.08. The molecule has 2 rings (SSSR count). The van der Waals surface area contributed by atoms with Crippen molar-refractivity contribution in [3.05, 3.63) is 55.1 Å². The molecule has 5 nitrogen and oxygen atoms in total. The monoisotopic (exact) mass is 320 g/mol. The zero-order valence-corrected chi connectivity index (χ0v) is 13.3. The van der Waals surface area contributed by atoms with Crippen molar-refractivity contribution in [2.24, 2.45) is 0 Å². The average Bonchev–Trinajstić information content (AvgIpc) is 2.86. The second kappa shape index (κ2) is 6.79. The molecule has 22 heavy (non-hydrogen) atoms. The predicted octanol–water partition coefficient (Wildman–Crippen LogP) is 2.04. The van der Waals surface area contributed by atoms with E-state index in [-0.39, 0.29) is 11.7 Å². The topological polar surface area (TPSA) is 57.7 Å². The third-order valence-corrected chi connectivity index (χ3v) is 5.34. The van der Waals surface area contributed by atoms with Crippen LogP contribution in [0, 0.1) is 0 Å². The van der Waals surface area contributed by atoms with Gasteiger partial charge in [0.2, 0.25) is 10.0 Å². The molecule has 1 heterocycles. The number of carbonyl (C=O) groups is 1. The molecule has 0 N–H and O–H groups in total. The predicted molar refractivity (Wildman–Crippen MR) is 88.5 cm³/mol. The summed E-state index contributed by atoms with van der Waals surface area (Å²) in [7, 11) is -3.25. The molecule has 0 aliphatic carbocycles. The summed E-state index contributed by atoms with van der Waals surface area (Å²) in [5.41, 5.74) is 1.00. The van der Waals surface area contributed by atoms with E-state index in [1.54, 1.807) is 41.3 Å². The summed E-state index contributed by atoms with van der Waals surface area (Å²) < 4.78 is 25.3. The Morgan fingerprint density at radius 2 is 1.95 bits per heavy atom. The Morgan fingerprint density at radius 3 is 2.50 bits per heavy atom. The summed E-state index contributed by atoms with van der Waals surface area (Å²) in [5.74, 6) is -0.0113. The first-order chi connectivity index (χ1) is 10.5. The first kappa shape index (κ1) is 16.3. The molecule has 0 aromatic heterocycles. The molecular formula is C16H20N2O3S. The molecule has 1 amide bonds. The molecule has 1 aromatic carbocycles. The van der Waals surface area contributed by atoms with E-state index in [1.807, 2.05) is 0 Å². The highest BCUT2D eigenvalue weighted by atomic mass is 32.2. The van der Waals surface area contributed by atoms with E-state index in [0.717, 1.165) is 0 Å². The van der Waals surface area contributed by atoms with Crippen molar-refractivity contribution in [1.82, 2.24) is 4.90 Å². The molecule has 1 aromatic rings. The number of amides is 1. The van der Waals surface area contributed by atoms with Crippen molar-refractivity contribution >= 4 is 21.6 Å². The number of carbonyl (C=O) groups excluding carboxylic acids is 1. The highest BCUT2D eigenvalue weighted by Crippen LogP contribution is 2.25. The van der Waals surface area contributed by atoms with Gasteiger partial charge in [-0.25, -0.2) is 8.42 Å². The molecule has 0 bridgehead atoms. The van der Waals surface area contributed by atoms with Crippen LogP contribution in [-0.4, -0.2) is 44.6 Å². The van der Waals surface area contributed by atoms with Crippen LogP contribution in [0.15, 0.2) is 49.6 Å². The summed E-state index contributed by atoms with van der Waals surface area (Å²) in [6, 6.07) is 6.74. The fraction of sp³-hybridized carbons (Fsp3) is 0.312. The van der Waals surface area contributed by atoms with Gasteiger partial charge in [-0.1, -0.05) is 18.2 Å². The highest BCUT2D eigenvalue weighted by molar-refractivity contribution is 7.93. The number of hydrogen-bond acceptors (Lipinski definition) is 3. The third-order valence-electron chi connectivity index (χ3n) is 3.47. The van der Waals surface area contributed by atoms with Gasteiger partial charge in [0, 0.05) is 25.2 Å². The Labute approximate surface area is 131 Å². The smallest absolute Gasteiger partial charge is 0.254 e. The van der Waals surface area contributed by atoms with Gasteiger partial charge in [0.25, 0.3) is 5.91 Å². The van der Waals surface area contributed by atoms with Crippen molar-refractivity contribution in [3.8, 4) is 0 Å². The van der Waals surface area contributed by atoms with Gasteiger partial charge in [-0.05, 0) is 24.6 Å². The van der Waals surface area contributed by atoms with Crippen LogP contribution in [0.25, 0.3) is 0 Å². The van der Waals surface area contributed by atoms with E-state index >= 15 is 0 Å². The lowest BCUT2D eigenvalue weighted by Gasteiger charge is -2.21. The van der Waals surface area contributed by atoms with E-state index < -0.39 is 10.0 Å². The van der Waals surface area contributed by atoms with E-state index in [2.05, 4.69) is 13.2 Å². The Balaban J connectivity index is 2.29. The summed E-state index contributed by atoms with van der Waals surface area (Å²) in [6.45, 7) is 8.57. The summed E-state index contributed by atoms with van der Waals surface area (Å²) in [5, 5.41) is 0. The van der Waals surface area contributed by atoms with Crippen LogP contribution in [0.1, 0.15) is 16.8 Å². The number of anilines is 1. The van der Waals surface area contributed by atoms with Crippen LogP contribution in [0.5, 0.6) is 0 Å². The fourth-order valence-corrected chi connectivity index (χ4v) is 4.01. The van der Waals surface area contributed by atoms with Crippen LogP contribution in [0.4, 0.5) is 5.69 Å². The molecule has 1 aliphatic heterocycles. The molecule has 0 radical (unpaired) electrons. The van der Waals surface area contributed by atoms with Gasteiger partial charge in [0.15, 0.2) is 0 Å². The normalized spacial score (nSPS) is 16.3. The summed E-state index contributed by atoms with van der Waals surface area (Å²) in [6.07, 6.45) is 3.91. The lowest BCUT2D eigenvalue weighted by Crippen LogP contribution is -2.31. The molecule has 0 atom stereocenters.